The number of carbonyl (C=O) groups is 1. The number of aromatic nitrogens is 3. The SMILES string of the molecule is CCc1ccc(NC(=O)CSc2nnc(-c3ccc(F)cc3)c3sc(C)nc23)cc1. The predicted octanol–water partition coefficient (Wildman–Crippen LogP) is 5.49. The Morgan fingerprint density at radius 1 is 1.10 bits per heavy atom. The van der Waals surface area contributed by atoms with E-state index in [-0.39, 0.29) is 17.5 Å². The first kappa shape index (κ1) is 20.4. The van der Waals surface area contributed by atoms with Crippen molar-refractivity contribution in [1.29, 1.82) is 0 Å². The number of rotatable bonds is 6. The summed E-state index contributed by atoms with van der Waals surface area (Å²) in [6, 6.07) is 14.0. The number of fused-ring (bicyclic) bond motifs is 1. The number of thioether (sulfide) groups is 1. The maximum absolute atomic E-state index is 13.3. The number of benzene rings is 2. The number of amides is 1. The van der Waals surface area contributed by atoms with Crippen molar-refractivity contribution >= 4 is 44.9 Å². The van der Waals surface area contributed by atoms with Gasteiger partial charge in [-0.2, -0.15) is 0 Å². The van der Waals surface area contributed by atoms with Crippen LogP contribution in [0.15, 0.2) is 53.6 Å². The van der Waals surface area contributed by atoms with Crippen molar-refractivity contribution in [3.63, 3.8) is 0 Å². The number of hydrogen-bond donors (Lipinski definition) is 1. The Morgan fingerprint density at radius 3 is 2.53 bits per heavy atom. The molecule has 0 fully saturated rings. The summed E-state index contributed by atoms with van der Waals surface area (Å²) >= 11 is 2.81. The molecule has 8 heteroatoms. The van der Waals surface area contributed by atoms with Crippen LogP contribution in [-0.2, 0) is 11.2 Å². The molecular weight excluding hydrogens is 419 g/mol. The third-order valence-electron chi connectivity index (χ3n) is 4.50. The largest absolute Gasteiger partial charge is 0.325 e. The van der Waals surface area contributed by atoms with Crippen LogP contribution in [0.4, 0.5) is 10.1 Å². The quantitative estimate of drug-likeness (QED) is 0.403. The van der Waals surface area contributed by atoms with E-state index in [0.29, 0.717) is 10.7 Å². The monoisotopic (exact) mass is 438 g/mol. The van der Waals surface area contributed by atoms with Crippen LogP contribution in [0.5, 0.6) is 0 Å². The molecule has 1 amide bonds. The van der Waals surface area contributed by atoms with Crippen LogP contribution in [0.2, 0.25) is 0 Å². The number of thiazole rings is 1. The van der Waals surface area contributed by atoms with E-state index >= 15 is 0 Å². The van der Waals surface area contributed by atoms with Crippen molar-refractivity contribution in [2.24, 2.45) is 0 Å². The maximum Gasteiger partial charge on any atom is 0.234 e. The molecule has 0 bridgehead atoms. The van der Waals surface area contributed by atoms with Gasteiger partial charge in [0.2, 0.25) is 5.91 Å². The van der Waals surface area contributed by atoms with Gasteiger partial charge in [-0.1, -0.05) is 30.8 Å². The first-order valence-corrected chi connectivity index (χ1v) is 11.2. The molecule has 0 aliphatic carbocycles. The number of halogens is 1. The molecule has 30 heavy (non-hydrogen) atoms. The van der Waals surface area contributed by atoms with Crippen LogP contribution >= 0.6 is 23.1 Å². The minimum absolute atomic E-state index is 0.117. The molecule has 0 saturated heterocycles. The third kappa shape index (κ3) is 4.49. The number of anilines is 1. The highest BCUT2D eigenvalue weighted by molar-refractivity contribution is 8.00. The minimum atomic E-state index is -0.300. The Kier molecular flexibility index (Phi) is 6.06. The molecule has 2 aromatic heterocycles. The molecule has 0 aliphatic heterocycles. The molecule has 2 aromatic carbocycles. The summed E-state index contributed by atoms with van der Waals surface area (Å²) in [6.07, 6.45) is 0.958. The molecular formula is C22H19FN4OS2. The second-order valence-corrected chi connectivity index (χ2v) is 8.83. The lowest BCUT2D eigenvalue weighted by molar-refractivity contribution is -0.113. The van der Waals surface area contributed by atoms with Gasteiger partial charge in [-0.25, -0.2) is 9.37 Å². The molecule has 0 radical (unpaired) electrons. The molecule has 5 nitrogen and oxygen atoms in total. The smallest absolute Gasteiger partial charge is 0.234 e. The van der Waals surface area contributed by atoms with Crippen molar-refractivity contribution in [1.82, 2.24) is 15.2 Å². The zero-order chi connectivity index (χ0) is 21.1. The zero-order valence-electron chi connectivity index (χ0n) is 16.5. The van der Waals surface area contributed by atoms with E-state index in [4.69, 9.17) is 0 Å². The Bertz CT molecular complexity index is 1190. The fourth-order valence-corrected chi connectivity index (χ4v) is 4.68. The van der Waals surface area contributed by atoms with Crippen molar-refractivity contribution in [3.8, 4) is 11.3 Å². The Labute approximate surface area is 181 Å². The molecule has 4 rings (SSSR count). The van der Waals surface area contributed by atoms with E-state index in [1.807, 2.05) is 31.2 Å². The lowest BCUT2D eigenvalue weighted by atomic mass is 10.1. The minimum Gasteiger partial charge on any atom is -0.325 e. The van der Waals surface area contributed by atoms with Crippen LogP contribution in [-0.4, -0.2) is 26.8 Å². The van der Waals surface area contributed by atoms with Crippen LogP contribution in [0.1, 0.15) is 17.5 Å². The van der Waals surface area contributed by atoms with Crippen molar-refractivity contribution in [3.05, 3.63) is 64.9 Å². The van der Waals surface area contributed by atoms with E-state index in [2.05, 4.69) is 27.4 Å². The van der Waals surface area contributed by atoms with Gasteiger partial charge in [0, 0.05) is 11.3 Å². The van der Waals surface area contributed by atoms with Gasteiger partial charge in [0.25, 0.3) is 0 Å². The molecule has 0 unspecified atom stereocenters. The average molecular weight is 439 g/mol. The second-order valence-electron chi connectivity index (χ2n) is 6.66. The molecule has 2 heterocycles. The van der Waals surface area contributed by atoms with Crippen LogP contribution in [0, 0.1) is 12.7 Å². The topological polar surface area (TPSA) is 67.8 Å². The summed E-state index contributed by atoms with van der Waals surface area (Å²) in [5, 5.41) is 13.0. The van der Waals surface area contributed by atoms with Crippen LogP contribution in [0.25, 0.3) is 21.5 Å². The van der Waals surface area contributed by atoms with Gasteiger partial charge < -0.3 is 5.32 Å². The van der Waals surface area contributed by atoms with Crippen LogP contribution < -0.4 is 5.32 Å². The summed E-state index contributed by atoms with van der Waals surface area (Å²) in [6.45, 7) is 4.01. The van der Waals surface area contributed by atoms with Crippen molar-refractivity contribution in [2.45, 2.75) is 25.3 Å². The summed E-state index contributed by atoms with van der Waals surface area (Å²) in [4.78, 5) is 17.0. The summed E-state index contributed by atoms with van der Waals surface area (Å²) in [5.41, 5.74) is 4.16. The zero-order valence-corrected chi connectivity index (χ0v) is 18.1. The molecule has 152 valence electrons. The van der Waals surface area contributed by atoms with E-state index in [0.717, 1.165) is 32.9 Å². The summed E-state index contributed by atoms with van der Waals surface area (Å²) in [7, 11) is 0. The highest BCUT2D eigenvalue weighted by atomic mass is 32.2. The van der Waals surface area contributed by atoms with Gasteiger partial charge in [0.15, 0.2) is 0 Å². The molecule has 0 saturated carbocycles. The van der Waals surface area contributed by atoms with E-state index < -0.39 is 0 Å². The van der Waals surface area contributed by atoms with E-state index in [1.165, 1.54) is 40.8 Å². The van der Waals surface area contributed by atoms with Gasteiger partial charge in [-0.15, -0.1) is 21.5 Å². The number of aryl methyl sites for hydroxylation is 2. The standard InChI is InChI=1S/C22H19FN4OS2/c1-3-14-4-10-17(11-5-14)25-18(28)12-29-22-20-21(30-13(2)24-20)19(26-27-22)15-6-8-16(23)9-7-15/h4-11H,3,12H2,1-2H3,(H,25,28). The predicted molar refractivity (Wildman–Crippen MR) is 121 cm³/mol. The normalized spacial score (nSPS) is 11.0. The highest BCUT2D eigenvalue weighted by Crippen LogP contribution is 2.35. The molecule has 1 N–H and O–H groups in total. The first-order chi connectivity index (χ1) is 14.5. The number of carbonyl (C=O) groups excluding carboxylic acids is 1. The number of nitrogens with zero attached hydrogens (tertiary/aromatic N) is 3. The third-order valence-corrected chi connectivity index (χ3v) is 6.43. The number of hydrogen-bond acceptors (Lipinski definition) is 6. The Hall–Kier alpha value is -2.84. The lowest BCUT2D eigenvalue weighted by Gasteiger charge is -2.07. The Balaban J connectivity index is 1.52. The highest BCUT2D eigenvalue weighted by Gasteiger charge is 2.17. The molecule has 4 aromatic rings. The first-order valence-electron chi connectivity index (χ1n) is 9.45. The molecule has 0 aliphatic rings. The van der Waals surface area contributed by atoms with Gasteiger partial charge in [-0.3, -0.25) is 4.79 Å². The van der Waals surface area contributed by atoms with Crippen molar-refractivity contribution in [2.75, 3.05) is 11.1 Å². The summed E-state index contributed by atoms with van der Waals surface area (Å²) in [5.74, 6) is -0.217. The van der Waals surface area contributed by atoms with Crippen molar-refractivity contribution < 1.29 is 9.18 Å². The van der Waals surface area contributed by atoms with E-state index in [9.17, 15) is 9.18 Å². The van der Waals surface area contributed by atoms with Gasteiger partial charge >= 0.3 is 0 Å². The molecule has 0 spiro atoms. The fourth-order valence-electron chi connectivity index (χ4n) is 2.97. The lowest BCUT2D eigenvalue weighted by Crippen LogP contribution is -2.14. The summed E-state index contributed by atoms with van der Waals surface area (Å²) < 4.78 is 14.1. The second kappa shape index (κ2) is 8.89. The Morgan fingerprint density at radius 2 is 1.83 bits per heavy atom. The fraction of sp³-hybridized carbons (Fsp3) is 0.182. The van der Waals surface area contributed by atoms with E-state index in [1.54, 1.807) is 12.1 Å². The van der Waals surface area contributed by atoms with Gasteiger partial charge in [0.1, 0.15) is 22.1 Å². The average Bonchev–Trinajstić information content (AvgIpc) is 3.15. The van der Waals surface area contributed by atoms with Gasteiger partial charge in [0.05, 0.1) is 15.5 Å². The maximum atomic E-state index is 13.3. The number of nitrogens with one attached hydrogen (secondary N) is 1. The van der Waals surface area contributed by atoms with Crippen LogP contribution in [0.3, 0.4) is 0 Å². The van der Waals surface area contributed by atoms with Gasteiger partial charge in [-0.05, 0) is 55.3 Å². The molecule has 0 atom stereocenters.